The molecular weight excluding hydrogens is 354 g/mol. The van der Waals surface area contributed by atoms with Crippen LogP contribution in [0.1, 0.15) is 10.4 Å². The van der Waals surface area contributed by atoms with Gasteiger partial charge in [-0.05, 0) is 40.2 Å². The van der Waals surface area contributed by atoms with Crippen molar-refractivity contribution in [2.24, 2.45) is 0 Å². The van der Waals surface area contributed by atoms with Gasteiger partial charge < -0.3 is 0 Å². The SMILES string of the molecule is O=Cc1c(-c2cccc(F)c2)nn(-c2ccccc2F)c1Br. The molecule has 0 aliphatic heterocycles. The van der Waals surface area contributed by atoms with E-state index < -0.39 is 11.6 Å². The van der Waals surface area contributed by atoms with Crippen molar-refractivity contribution in [1.82, 2.24) is 9.78 Å². The zero-order valence-electron chi connectivity index (χ0n) is 11.1. The average molecular weight is 363 g/mol. The van der Waals surface area contributed by atoms with Gasteiger partial charge in [-0.1, -0.05) is 24.3 Å². The van der Waals surface area contributed by atoms with Crippen LogP contribution >= 0.6 is 15.9 Å². The number of aromatic nitrogens is 2. The van der Waals surface area contributed by atoms with Crippen LogP contribution in [0.15, 0.2) is 53.1 Å². The number of halogens is 3. The third-order valence-corrected chi connectivity index (χ3v) is 3.92. The molecule has 0 unspecified atom stereocenters. The molecule has 0 aliphatic carbocycles. The standard InChI is InChI=1S/C16H9BrF2N2O/c17-16-12(9-22)15(10-4-3-5-11(18)8-10)20-21(16)14-7-2-1-6-13(14)19/h1-9H. The normalized spacial score (nSPS) is 10.7. The summed E-state index contributed by atoms with van der Waals surface area (Å²) in [5, 5.41) is 4.25. The van der Waals surface area contributed by atoms with Crippen molar-refractivity contribution in [2.75, 3.05) is 0 Å². The van der Waals surface area contributed by atoms with Crippen molar-refractivity contribution in [1.29, 1.82) is 0 Å². The van der Waals surface area contributed by atoms with Crippen LogP contribution in [0.2, 0.25) is 0 Å². The summed E-state index contributed by atoms with van der Waals surface area (Å²) in [6, 6.07) is 11.8. The van der Waals surface area contributed by atoms with Crippen molar-refractivity contribution in [3.8, 4) is 16.9 Å². The number of aldehydes is 1. The number of para-hydroxylation sites is 1. The highest BCUT2D eigenvalue weighted by Crippen LogP contribution is 2.30. The van der Waals surface area contributed by atoms with Crippen molar-refractivity contribution >= 4 is 22.2 Å². The minimum atomic E-state index is -0.478. The van der Waals surface area contributed by atoms with E-state index in [0.29, 0.717) is 16.5 Å². The van der Waals surface area contributed by atoms with Crippen LogP contribution < -0.4 is 0 Å². The minimum absolute atomic E-state index is 0.195. The topological polar surface area (TPSA) is 34.9 Å². The Morgan fingerprint density at radius 1 is 1.09 bits per heavy atom. The fraction of sp³-hybridized carbons (Fsp3) is 0. The maximum atomic E-state index is 13.9. The Hall–Kier alpha value is -2.34. The number of hydrogen-bond acceptors (Lipinski definition) is 2. The fourth-order valence-electron chi connectivity index (χ4n) is 2.15. The third-order valence-electron chi connectivity index (χ3n) is 3.16. The maximum absolute atomic E-state index is 13.9. The van der Waals surface area contributed by atoms with Crippen LogP contribution in [0, 0.1) is 11.6 Å². The molecule has 0 fully saturated rings. The van der Waals surface area contributed by atoms with Crippen LogP contribution in [0.5, 0.6) is 0 Å². The molecule has 0 amide bonds. The summed E-state index contributed by atoms with van der Waals surface area (Å²) in [5.74, 6) is -0.917. The summed E-state index contributed by atoms with van der Waals surface area (Å²) in [5.41, 5.74) is 1.15. The molecule has 3 rings (SSSR count). The molecule has 2 aromatic carbocycles. The van der Waals surface area contributed by atoms with E-state index in [9.17, 15) is 13.6 Å². The molecule has 6 heteroatoms. The van der Waals surface area contributed by atoms with Gasteiger partial charge in [0.05, 0.1) is 5.56 Å². The predicted molar refractivity (Wildman–Crippen MR) is 82.0 cm³/mol. The highest BCUT2D eigenvalue weighted by atomic mass is 79.9. The summed E-state index contributed by atoms with van der Waals surface area (Å²) in [7, 11) is 0. The molecule has 1 heterocycles. The summed E-state index contributed by atoms with van der Waals surface area (Å²) >= 11 is 3.26. The van der Waals surface area contributed by atoms with Crippen molar-refractivity contribution in [2.45, 2.75) is 0 Å². The Balaban J connectivity index is 2.24. The van der Waals surface area contributed by atoms with Gasteiger partial charge in [0.15, 0.2) is 6.29 Å². The van der Waals surface area contributed by atoms with E-state index in [1.165, 1.54) is 35.0 Å². The first-order chi connectivity index (χ1) is 10.6. The first kappa shape index (κ1) is 14.6. The number of carbonyl (C=O) groups is 1. The van der Waals surface area contributed by atoms with E-state index >= 15 is 0 Å². The van der Waals surface area contributed by atoms with E-state index in [2.05, 4.69) is 21.0 Å². The molecule has 0 radical (unpaired) electrons. The Bertz CT molecular complexity index is 861. The molecule has 3 aromatic rings. The average Bonchev–Trinajstić information content (AvgIpc) is 2.84. The molecule has 22 heavy (non-hydrogen) atoms. The monoisotopic (exact) mass is 362 g/mol. The molecular formula is C16H9BrF2N2O. The van der Waals surface area contributed by atoms with Crippen molar-refractivity contribution in [3.05, 3.63) is 70.3 Å². The van der Waals surface area contributed by atoms with Crippen LogP contribution in [0.3, 0.4) is 0 Å². The van der Waals surface area contributed by atoms with Gasteiger partial charge in [-0.25, -0.2) is 13.5 Å². The van der Waals surface area contributed by atoms with Gasteiger partial charge in [-0.15, -0.1) is 0 Å². The predicted octanol–water partition coefficient (Wildman–Crippen LogP) is 4.39. The minimum Gasteiger partial charge on any atom is -0.298 e. The molecule has 0 bridgehead atoms. The lowest BCUT2D eigenvalue weighted by molar-refractivity contribution is 0.112. The molecule has 3 nitrogen and oxygen atoms in total. The van der Waals surface area contributed by atoms with Crippen molar-refractivity contribution < 1.29 is 13.6 Å². The molecule has 0 saturated heterocycles. The van der Waals surface area contributed by atoms with Gasteiger partial charge >= 0.3 is 0 Å². The fourth-order valence-corrected chi connectivity index (χ4v) is 2.70. The number of rotatable bonds is 3. The van der Waals surface area contributed by atoms with E-state index in [1.807, 2.05) is 0 Å². The first-order valence-corrected chi connectivity index (χ1v) is 7.15. The quantitative estimate of drug-likeness (QED) is 0.647. The van der Waals surface area contributed by atoms with Crippen LogP contribution in [0.4, 0.5) is 8.78 Å². The Morgan fingerprint density at radius 3 is 2.55 bits per heavy atom. The van der Waals surface area contributed by atoms with Gasteiger partial charge in [0.1, 0.15) is 27.6 Å². The molecule has 0 spiro atoms. The highest BCUT2D eigenvalue weighted by molar-refractivity contribution is 9.10. The van der Waals surface area contributed by atoms with Crippen LogP contribution in [-0.4, -0.2) is 16.1 Å². The summed E-state index contributed by atoms with van der Waals surface area (Å²) in [6.45, 7) is 0. The number of hydrogen-bond donors (Lipinski definition) is 0. The Labute approximate surface area is 133 Å². The zero-order valence-corrected chi connectivity index (χ0v) is 12.7. The van der Waals surface area contributed by atoms with Crippen molar-refractivity contribution in [3.63, 3.8) is 0 Å². The molecule has 1 aromatic heterocycles. The summed E-state index contributed by atoms with van der Waals surface area (Å²) in [6.07, 6.45) is 0.606. The maximum Gasteiger partial charge on any atom is 0.155 e. The van der Waals surface area contributed by atoms with Gasteiger partial charge in [-0.3, -0.25) is 4.79 Å². The van der Waals surface area contributed by atoms with E-state index in [-0.39, 0.29) is 16.9 Å². The summed E-state index contributed by atoms with van der Waals surface area (Å²) < 4.78 is 28.9. The van der Waals surface area contributed by atoms with E-state index in [4.69, 9.17) is 0 Å². The second-order valence-corrected chi connectivity index (χ2v) is 5.30. The third kappa shape index (κ3) is 2.46. The van der Waals surface area contributed by atoms with Gasteiger partial charge in [-0.2, -0.15) is 5.10 Å². The van der Waals surface area contributed by atoms with Gasteiger partial charge in [0.25, 0.3) is 0 Å². The first-order valence-electron chi connectivity index (χ1n) is 6.36. The molecule has 0 atom stereocenters. The van der Waals surface area contributed by atoms with Crippen LogP contribution in [-0.2, 0) is 0 Å². The van der Waals surface area contributed by atoms with Crippen LogP contribution in [0.25, 0.3) is 16.9 Å². The molecule has 0 aliphatic rings. The Kier molecular flexibility index (Phi) is 3.85. The molecule has 0 N–H and O–H groups in total. The second kappa shape index (κ2) is 5.81. The van der Waals surface area contributed by atoms with E-state index in [0.717, 1.165) is 0 Å². The van der Waals surface area contributed by atoms with Gasteiger partial charge in [0.2, 0.25) is 0 Å². The molecule has 110 valence electrons. The Morgan fingerprint density at radius 2 is 1.86 bits per heavy atom. The van der Waals surface area contributed by atoms with E-state index in [1.54, 1.807) is 18.2 Å². The lowest BCUT2D eigenvalue weighted by Gasteiger charge is -2.04. The number of benzene rings is 2. The second-order valence-electron chi connectivity index (χ2n) is 4.54. The largest absolute Gasteiger partial charge is 0.298 e. The zero-order chi connectivity index (χ0) is 15.7. The summed E-state index contributed by atoms with van der Waals surface area (Å²) in [4.78, 5) is 11.4. The lowest BCUT2D eigenvalue weighted by Crippen LogP contribution is -2.00. The lowest BCUT2D eigenvalue weighted by atomic mass is 10.1. The number of carbonyl (C=O) groups excluding carboxylic acids is 1. The number of nitrogens with zero attached hydrogens (tertiary/aromatic N) is 2. The molecule has 0 saturated carbocycles. The van der Waals surface area contributed by atoms with Gasteiger partial charge in [0, 0.05) is 5.56 Å². The smallest absolute Gasteiger partial charge is 0.155 e. The highest BCUT2D eigenvalue weighted by Gasteiger charge is 2.19.